The Hall–Kier alpha value is -2.51. The van der Waals surface area contributed by atoms with Gasteiger partial charge in [-0.15, -0.1) is 0 Å². The zero-order valence-corrected chi connectivity index (χ0v) is 18.1. The van der Waals surface area contributed by atoms with Gasteiger partial charge in [0, 0.05) is 31.5 Å². The van der Waals surface area contributed by atoms with Crippen LogP contribution in [0, 0.1) is 6.92 Å². The van der Waals surface area contributed by atoms with Gasteiger partial charge in [0.2, 0.25) is 0 Å². The number of piperidine rings is 1. The summed E-state index contributed by atoms with van der Waals surface area (Å²) < 4.78 is 7.67. The van der Waals surface area contributed by atoms with Crippen molar-refractivity contribution in [3.8, 4) is 0 Å². The first-order valence-electron chi connectivity index (χ1n) is 11.2. The lowest BCUT2D eigenvalue weighted by molar-refractivity contribution is -0.00168. The van der Waals surface area contributed by atoms with Crippen molar-refractivity contribution in [1.82, 2.24) is 14.5 Å². The minimum absolute atomic E-state index is 0.0498. The highest BCUT2D eigenvalue weighted by Gasteiger charge is 2.29. The van der Waals surface area contributed by atoms with Crippen molar-refractivity contribution in [2.45, 2.75) is 70.3 Å². The summed E-state index contributed by atoms with van der Waals surface area (Å²) >= 11 is 0. The Kier molecular flexibility index (Phi) is 6.83. The van der Waals surface area contributed by atoms with E-state index < -0.39 is 0 Å². The normalized spacial score (nSPS) is 22.5. The van der Waals surface area contributed by atoms with Crippen molar-refractivity contribution in [3.63, 3.8) is 0 Å². The molecule has 0 radical (unpaired) electrons. The number of aliphatic hydroxyl groups excluding tert-OH is 1. The molecule has 2 aromatic heterocycles. The minimum atomic E-state index is -0.278. The van der Waals surface area contributed by atoms with E-state index in [1.54, 1.807) is 21.9 Å². The molecule has 1 saturated carbocycles. The molecule has 1 N–H and O–H groups in total. The topological polar surface area (TPSA) is 84.7 Å². The second-order valence-electron chi connectivity index (χ2n) is 8.67. The molecule has 2 fully saturated rings. The van der Waals surface area contributed by atoms with Gasteiger partial charge in [-0.1, -0.05) is 6.07 Å². The minimum Gasteiger partial charge on any atom is -0.393 e. The van der Waals surface area contributed by atoms with Crippen LogP contribution in [-0.4, -0.2) is 50.8 Å². The van der Waals surface area contributed by atoms with Crippen LogP contribution in [0.25, 0.3) is 0 Å². The first-order chi connectivity index (χ1) is 15.0. The summed E-state index contributed by atoms with van der Waals surface area (Å²) in [7, 11) is 0. The molecule has 3 heterocycles. The first-order valence-corrected chi connectivity index (χ1v) is 11.2. The van der Waals surface area contributed by atoms with Crippen molar-refractivity contribution < 1.29 is 14.6 Å². The molecule has 2 aliphatic rings. The molecule has 31 heavy (non-hydrogen) atoms. The number of aromatic nitrogens is 2. The molecule has 166 valence electrons. The molecule has 4 rings (SSSR count). The highest BCUT2D eigenvalue weighted by atomic mass is 16.5. The zero-order chi connectivity index (χ0) is 21.8. The molecule has 1 aliphatic heterocycles. The van der Waals surface area contributed by atoms with Crippen LogP contribution in [-0.2, 0) is 11.3 Å². The van der Waals surface area contributed by atoms with Crippen molar-refractivity contribution in [3.05, 3.63) is 63.8 Å². The summed E-state index contributed by atoms with van der Waals surface area (Å²) in [5.74, 6) is -0.184. The summed E-state index contributed by atoms with van der Waals surface area (Å²) in [4.78, 5) is 32.5. The molecular formula is C24H31N3O4. The van der Waals surface area contributed by atoms with Gasteiger partial charge >= 0.3 is 0 Å². The van der Waals surface area contributed by atoms with Crippen LogP contribution >= 0.6 is 0 Å². The maximum absolute atomic E-state index is 13.2. The molecule has 0 aromatic carbocycles. The average Bonchev–Trinajstić information content (AvgIpc) is 2.79. The van der Waals surface area contributed by atoms with Crippen LogP contribution < -0.4 is 5.56 Å². The molecule has 0 atom stereocenters. The Balaban J connectivity index is 1.39. The Labute approximate surface area is 182 Å². The van der Waals surface area contributed by atoms with E-state index in [2.05, 4.69) is 4.98 Å². The van der Waals surface area contributed by atoms with Crippen molar-refractivity contribution >= 4 is 5.91 Å². The molecule has 7 nitrogen and oxygen atoms in total. The number of hydrogen-bond donors (Lipinski definition) is 1. The van der Waals surface area contributed by atoms with E-state index in [1.165, 1.54) is 0 Å². The number of carbonyl (C=O) groups is 1. The molecule has 0 bridgehead atoms. The quantitative estimate of drug-likeness (QED) is 0.796. The largest absolute Gasteiger partial charge is 0.393 e. The van der Waals surface area contributed by atoms with Crippen LogP contribution in [0.15, 0.2) is 41.5 Å². The molecule has 2 aromatic rings. The third-order valence-corrected chi connectivity index (χ3v) is 6.52. The molecule has 1 amide bonds. The standard InChI is InChI=1S/C24H31N3O4/c1-17-9-15-27(19-5-7-20(28)8-6-19)24(30)22(17)23(29)26-13-10-21(11-14-26)31-16-18-4-2-3-12-25-18/h2-4,9,12,15,19-21,28H,5-8,10-11,13-14,16H2,1H3. The van der Waals surface area contributed by atoms with E-state index in [1.807, 2.05) is 31.2 Å². The number of carbonyl (C=O) groups excluding carboxylic acids is 1. The highest BCUT2D eigenvalue weighted by Crippen LogP contribution is 2.28. The fourth-order valence-corrected chi connectivity index (χ4v) is 4.60. The predicted octanol–water partition coefficient (Wildman–Crippen LogP) is 2.85. The highest BCUT2D eigenvalue weighted by molar-refractivity contribution is 5.95. The Bertz CT molecular complexity index is 943. The predicted molar refractivity (Wildman–Crippen MR) is 117 cm³/mol. The van der Waals surface area contributed by atoms with Crippen molar-refractivity contribution in [1.29, 1.82) is 0 Å². The van der Waals surface area contributed by atoms with E-state index in [-0.39, 0.29) is 35.3 Å². The lowest BCUT2D eigenvalue weighted by atomic mass is 9.92. The molecule has 1 aliphatic carbocycles. The number of rotatable bonds is 5. The van der Waals surface area contributed by atoms with Crippen LogP contribution in [0.1, 0.15) is 66.2 Å². The summed E-state index contributed by atoms with van der Waals surface area (Å²) in [5.41, 5.74) is 1.69. The summed E-state index contributed by atoms with van der Waals surface area (Å²) in [6, 6.07) is 7.67. The molecular weight excluding hydrogens is 394 g/mol. The van der Waals surface area contributed by atoms with Crippen LogP contribution in [0.3, 0.4) is 0 Å². The van der Waals surface area contributed by atoms with Crippen LogP contribution in [0.5, 0.6) is 0 Å². The van der Waals surface area contributed by atoms with E-state index in [4.69, 9.17) is 4.74 Å². The molecule has 7 heteroatoms. The van der Waals surface area contributed by atoms with Gasteiger partial charge in [-0.05, 0) is 69.2 Å². The van der Waals surface area contributed by atoms with Gasteiger partial charge in [0.25, 0.3) is 11.5 Å². The van der Waals surface area contributed by atoms with Crippen LogP contribution in [0.4, 0.5) is 0 Å². The third kappa shape index (κ3) is 5.05. The average molecular weight is 426 g/mol. The fraction of sp³-hybridized carbons (Fsp3) is 0.542. The maximum atomic E-state index is 13.2. The van der Waals surface area contributed by atoms with Gasteiger partial charge in [-0.25, -0.2) is 0 Å². The lowest BCUT2D eigenvalue weighted by Gasteiger charge is -2.32. The summed E-state index contributed by atoms with van der Waals surface area (Å²) in [6.07, 6.45) is 7.78. The molecule has 1 saturated heterocycles. The van der Waals surface area contributed by atoms with Gasteiger partial charge in [0.15, 0.2) is 0 Å². The van der Waals surface area contributed by atoms with Crippen molar-refractivity contribution in [2.24, 2.45) is 0 Å². The van der Waals surface area contributed by atoms with E-state index >= 15 is 0 Å². The van der Waals surface area contributed by atoms with E-state index in [9.17, 15) is 14.7 Å². The molecule has 0 spiro atoms. The Morgan fingerprint density at radius 3 is 2.55 bits per heavy atom. The number of ether oxygens (including phenoxy) is 1. The van der Waals surface area contributed by atoms with E-state index in [0.29, 0.717) is 32.5 Å². The summed E-state index contributed by atoms with van der Waals surface area (Å²) in [6.45, 7) is 3.45. The number of aryl methyl sites for hydroxylation is 1. The maximum Gasteiger partial charge on any atom is 0.263 e. The van der Waals surface area contributed by atoms with Gasteiger partial charge < -0.3 is 19.3 Å². The second-order valence-corrected chi connectivity index (χ2v) is 8.67. The van der Waals surface area contributed by atoms with Crippen LogP contribution in [0.2, 0.25) is 0 Å². The number of aliphatic hydroxyl groups is 1. The number of nitrogens with zero attached hydrogens (tertiary/aromatic N) is 3. The number of hydrogen-bond acceptors (Lipinski definition) is 5. The lowest BCUT2D eigenvalue weighted by Crippen LogP contribution is -2.44. The van der Waals surface area contributed by atoms with Gasteiger partial charge in [0.1, 0.15) is 5.56 Å². The van der Waals surface area contributed by atoms with E-state index in [0.717, 1.165) is 36.9 Å². The monoisotopic (exact) mass is 425 g/mol. The smallest absolute Gasteiger partial charge is 0.263 e. The van der Waals surface area contributed by atoms with Gasteiger partial charge in [0.05, 0.1) is 24.5 Å². The van der Waals surface area contributed by atoms with Gasteiger partial charge in [-0.2, -0.15) is 0 Å². The number of amides is 1. The summed E-state index contributed by atoms with van der Waals surface area (Å²) in [5, 5.41) is 9.76. The fourth-order valence-electron chi connectivity index (χ4n) is 4.60. The third-order valence-electron chi connectivity index (χ3n) is 6.52. The SMILES string of the molecule is Cc1ccn(C2CCC(O)CC2)c(=O)c1C(=O)N1CCC(OCc2ccccn2)CC1. The number of likely N-dealkylation sites (tertiary alicyclic amines) is 1. The first kappa shape index (κ1) is 21.7. The second kappa shape index (κ2) is 9.75. The Morgan fingerprint density at radius 2 is 1.87 bits per heavy atom. The number of pyridine rings is 2. The van der Waals surface area contributed by atoms with Gasteiger partial charge in [-0.3, -0.25) is 14.6 Å². The molecule has 0 unspecified atom stereocenters. The Morgan fingerprint density at radius 1 is 1.13 bits per heavy atom. The zero-order valence-electron chi connectivity index (χ0n) is 18.1. The van der Waals surface area contributed by atoms with Crippen molar-refractivity contribution in [2.75, 3.05) is 13.1 Å².